The molecule has 0 fully saturated rings. The summed E-state index contributed by atoms with van der Waals surface area (Å²) in [5.74, 6) is 0. The maximum atomic E-state index is 4.75. The molecule has 0 bridgehead atoms. The first kappa shape index (κ1) is 16.5. The Bertz CT molecular complexity index is 641. The van der Waals surface area contributed by atoms with Crippen LogP contribution in [-0.4, -0.2) is 4.98 Å². The van der Waals surface area contributed by atoms with Crippen molar-refractivity contribution in [1.82, 2.24) is 4.98 Å². The highest BCUT2D eigenvalue weighted by molar-refractivity contribution is 9.10. The maximum Gasteiger partial charge on any atom is 0.0985 e. The molecule has 0 radical (unpaired) electrons. The molecule has 2 nitrogen and oxygen atoms in total. The van der Waals surface area contributed by atoms with E-state index in [1.807, 2.05) is 11.3 Å². The van der Waals surface area contributed by atoms with Crippen LogP contribution < -0.4 is 5.32 Å². The minimum absolute atomic E-state index is 0.110. The molecule has 21 heavy (non-hydrogen) atoms. The molecule has 1 unspecified atom stereocenters. The van der Waals surface area contributed by atoms with Crippen molar-refractivity contribution < 1.29 is 0 Å². The number of hydrogen-bond acceptors (Lipinski definition) is 3. The van der Waals surface area contributed by atoms with Gasteiger partial charge in [0.05, 0.1) is 16.7 Å². The van der Waals surface area contributed by atoms with Gasteiger partial charge in [-0.1, -0.05) is 42.8 Å². The van der Waals surface area contributed by atoms with Crippen LogP contribution in [0.4, 0.5) is 5.69 Å². The summed E-state index contributed by atoms with van der Waals surface area (Å²) in [4.78, 5) is 6.07. The van der Waals surface area contributed by atoms with Crippen LogP contribution >= 0.6 is 27.3 Å². The standard InChI is InChI=1S/C17H23BrN2S/c1-10-13(18)8-7-9-14(10)19-11(2)15-12(3)20-16(21-15)17(4,5)6/h7-9,11,19H,1-6H3. The van der Waals surface area contributed by atoms with Crippen LogP contribution in [0.3, 0.4) is 0 Å². The second-order valence-electron chi connectivity index (χ2n) is 6.50. The highest BCUT2D eigenvalue weighted by atomic mass is 79.9. The largest absolute Gasteiger partial charge is 0.377 e. The van der Waals surface area contributed by atoms with E-state index in [1.165, 1.54) is 21.1 Å². The van der Waals surface area contributed by atoms with E-state index in [0.29, 0.717) is 0 Å². The third-order valence-corrected chi connectivity index (χ3v) is 6.13. The summed E-state index contributed by atoms with van der Waals surface area (Å²) in [5, 5.41) is 4.82. The first-order valence-corrected chi connectivity index (χ1v) is 8.80. The molecule has 0 aliphatic heterocycles. The number of aromatic nitrogens is 1. The number of nitrogens with one attached hydrogen (secondary N) is 1. The molecule has 0 saturated heterocycles. The minimum atomic E-state index is 0.110. The van der Waals surface area contributed by atoms with E-state index in [9.17, 15) is 0 Å². The van der Waals surface area contributed by atoms with Crippen molar-refractivity contribution in [2.45, 2.75) is 53.0 Å². The fraction of sp³-hybridized carbons (Fsp3) is 0.471. The van der Waals surface area contributed by atoms with Gasteiger partial charge in [0.2, 0.25) is 0 Å². The number of anilines is 1. The van der Waals surface area contributed by atoms with Crippen LogP contribution in [-0.2, 0) is 5.41 Å². The summed E-state index contributed by atoms with van der Waals surface area (Å²) in [7, 11) is 0. The number of thiazole rings is 1. The number of nitrogens with zero attached hydrogens (tertiary/aromatic N) is 1. The van der Waals surface area contributed by atoms with Crippen LogP contribution in [0.25, 0.3) is 0 Å². The summed E-state index contributed by atoms with van der Waals surface area (Å²) in [6.07, 6.45) is 0. The van der Waals surface area contributed by atoms with Crippen molar-refractivity contribution in [3.8, 4) is 0 Å². The van der Waals surface area contributed by atoms with Gasteiger partial charge in [-0.15, -0.1) is 11.3 Å². The molecule has 0 aliphatic carbocycles. The van der Waals surface area contributed by atoms with Crippen molar-refractivity contribution in [2.75, 3.05) is 5.32 Å². The summed E-state index contributed by atoms with van der Waals surface area (Å²) >= 11 is 5.41. The number of aryl methyl sites for hydroxylation is 1. The van der Waals surface area contributed by atoms with Gasteiger partial charge in [-0.05, 0) is 38.5 Å². The molecule has 0 spiro atoms. The van der Waals surface area contributed by atoms with Gasteiger partial charge in [0.25, 0.3) is 0 Å². The lowest BCUT2D eigenvalue weighted by atomic mass is 9.98. The van der Waals surface area contributed by atoms with Gasteiger partial charge in [0.1, 0.15) is 0 Å². The van der Waals surface area contributed by atoms with E-state index < -0.39 is 0 Å². The zero-order valence-corrected chi connectivity index (χ0v) is 15.9. The van der Waals surface area contributed by atoms with E-state index in [0.717, 1.165) is 10.2 Å². The van der Waals surface area contributed by atoms with Crippen LogP contribution in [0.15, 0.2) is 22.7 Å². The Hall–Kier alpha value is -0.870. The average molecular weight is 367 g/mol. The fourth-order valence-corrected chi connectivity index (χ4v) is 3.69. The molecule has 4 heteroatoms. The van der Waals surface area contributed by atoms with E-state index >= 15 is 0 Å². The van der Waals surface area contributed by atoms with Gasteiger partial charge in [0.15, 0.2) is 0 Å². The van der Waals surface area contributed by atoms with Gasteiger partial charge in [0, 0.05) is 20.5 Å². The lowest BCUT2D eigenvalue weighted by molar-refractivity contribution is 0.584. The molecule has 2 rings (SSSR count). The third kappa shape index (κ3) is 3.67. The quantitative estimate of drug-likeness (QED) is 0.720. The van der Waals surface area contributed by atoms with Crippen LogP contribution in [0.1, 0.15) is 54.9 Å². The number of halogens is 1. The summed E-state index contributed by atoms with van der Waals surface area (Å²) in [6, 6.07) is 6.51. The second kappa shape index (κ2) is 6.09. The Morgan fingerprint density at radius 1 is 1.24 bits per heavy atom. The molecule has 114 valence electrons. The van der Waals surface area contributed by atoms with Crippen molar-refractivity contribution in [3.05, 3.63) is 43.8 Å². The lowest BCUT2D eigenvalue weighted by Crippen LogP contribution is -2.10. The molecule has 1 aromatic heterocycles. The summed E-state index contributed by atoms with van der Waals surface area (Å²) < 4.78 is 1.14. The molecule has 1 atom stereocenters. The SMILES string of the molecule is Cc1nc(C(C)(C)C)sc1C(C)Nc1cccc(Br)c1C. The summed E-state index contributed by atoms with van der Waals surface area (Å²) in [5.41, 5.74) is 3.65. The molecule has 1 heterocycles. The number of benzene rings is 1. The monoisotopic (exact) mass is 366 g/mol. The molecule has 2 aromatic rings. The number of hydrogen-bond donors (Lipinski definition) is 1. The number of rotatable bonds is 3. The topological polar surface area (TPSA) is 24.9 Å². The predicted molar refractivity (Wildman–Crippen MR) is 96.5 cm³/mol. The van der Waals surface area contributed by atoms with Gasteiger partial charge in [-0.25, -0.2) is 4.98 Å². The van der Waals surface area contributed by atoms with Crippen molar-refractivity contribution in [3.63, 3.8) is 0 Å². The van der Waals surface area contributed by atoms with Crippen LogP contribution in [0, 0.1) is 13.8 Å². The van der Waals surface area contributed by atoms with E-state index in [4.69, 9.17) is 4.98 Å². The normalized spacial score (nSPS) is 13.3. The second-order valence-corrected chi connectivity index (χ2v) is 8.38. The molecule has 0 saturated carbocycles. The molecular formula is C17H23BrN2S. The highest BCUT2D eigenvalue weighted by Gasteiger charge is 2.22. The molecular weight excluding hydrogens is 344 g/mol. The fourth-order valence-electron chi connectivity index (χ4n) is 2.19. The third-order valence-electron chi connectivity index (χ3n) is 3.51. The van der Waals surface area contributed by atoms with Crippen molar-refractivity contribution in [1.29, 1.82) is 0 Å². The first-order chi connectivity index (χ1) is 9.70. The van der Waals surface area contributed by atoms with Gasteiger partial charge >= 0.3 is 0 Å². The Morgan fingerprint density at radius 2 is 1.90 bits per heavy atom. The Morgan fingerprint density at radius 3 is 2.48 bits per heavy atom. The molecule has 1 aromatic carbocycles. The predicted octanol–water partition coefficient (Wildman–Crippen LogP) is 5.99. The minimum Gasteiger partial charge on any atom is -0.377 e. The van der Waals surface area contributed by atoms with Gasteiger partial charge in [-0.2, -0.15) is 0 Å². The zero-order valence-electron chi connectivity index (χ0n) is 13.5. The Balaban J connectivity index is 2.27. The lowest BCUT2D eigenvalue weighted by Gasteiger charge is -2.17. The van der Waals surface area contributed by atoms with Crippen LogP contribution in [0.2, 0.25) is 0 Å². The Kier molecular flexibility index (Phi) is 4.79. The summed E-state index contributed by atoms with van der Waals surface area (Å²) in [6.45, 7) is 13.1. The smallest absolute Gasteiger partial charge is 0.0985 e. The van der Waals surface area contributed by atoms with Gasteiger partial charge < -0.3 is 5.32 Å². The van der Waals surface area contributed by atoms with Crippen molar-refractivity contribution >= 4 is 33.0 Å². The van der Waals surface area contributed by atoms with Gasteiger partial charge in [-0.3, -0.25) is 0 Å². The maximum absolute atomic E-state index is 4.75. The van der Waals surface area contributed by atoms with E-state index in [1.54, 1.807) is 0 Å². The Labute approximate surface area is 140 Å². The molecule has 0 amide bonds. The zero-order chi connectivity index (χ0) is 15.8. The van der Waals surface area contributed by atoms with Crippen LogP contribution in [0.5, 0.6) is 0 Å². The highest BCUT2D eigenvalue weighted by Crippen LogP contribution is 2.34. The first-order valence-electron chi connectivity index (χ1n) is 7.19. The average Bonchev–Trinajstić information content (AvgIpc) is 2.77. The van der Waals surface area contributed by atoms with E-state index in [2.05, 4.69) is 81.0 Å². The molecule has 0 aliphatic rings. The molecule has 1 N–H and O–H groups in total. The van der Waals surface area contributed by atoms with Crippen molar-refractivity contribution in [2.24, 2.45) is 0 Å². The van der Waals surface area contributed by atoms with E-state index in [-0.39, 0.29) is 11.5 Å².